The summed E-state index contributed by atoms with van der Waals surface area (Å²) in [4.78, 5) is 15.9. The standard InChI is InChI=1S/C13H15NO2S/c1-8-13(2,11(17-3)12(15)16)9-6-4-5-7-10(9)14-8/h4-7,11H,1-3H3,(H,15,16). The number of benzene rings is 1. The van der Waals surface area contributed by atoms with Crippen molar-refractivity contribution in [2.24, 2.45) is 4.99 Å². The van der Waals surface area contributed by atoms with Crippen LogP contribution in [0.4, 0.5) is 5.69 Å². The van der Waals surface area contributed by atoms with Crippen LogP contribution in [-0.4, -0.2) is 28.3 Å². The topological polar surface area (TPSA) is 49.7 Å². The molecular formula is C13H15NO2S. The van der Waals surface area contributed by atoms with E-state index in [-0.39, 0.29) is 0 Å². The highest BCUT2D eigenvalue weighted by Gasteiger charge is 2.46. The zero-order chi connectivity index (χ0) is 12.6. The molecule has 1 aromatic carbocycles. The summed E-state index contributed by atoms with van der Waals surface area (Å²) in [5, 5.41) is 8.86. The Morgan fingerprint density at radius 1 is 1.47 bits per heavy atom. The normalized spacial score (nSPS) is 24.1. The van der Waals surface area contributed by atoms with Crippen molar-refractivity contribution in [1.29, 1.82) is 0 Å². The van der Waals surface area contributed by atoms with E-state index in [1.54, 1.807) is 0 Å². The molecule has 0 saturated carbocycles. The highest BCUT2D eigenvalue weighted by molar-refractivity contribution is 8.00. The third-order valence-electron chi connectivity index (χ3n) is 3.49. The molecule has 0 bridgehead atoms. The quantitative estimate of drug-likeness (QED) is 0.896. The minimum atomic E-state index is -0.786. The molecule has 3 nitrogen and oxygen atoms in total. The minimum Gasteiger partial charge on any atom is -0.480 e. The molecule has 1 aromatic rings. The van der Waals surface area contributed by atoms with Crippen LogP contribution in [0, 0.1) is 0 Å². The molecule has 1 N–H and O–H groups in total. The van der Waals surface area contributed by atoms with Gasteiger partial charge in [0, 0.05) is 5.71 Å². The highest BCUT2D eigenvalue weighted by atomic mass is 32.2. The van der Waals surface area contributed by atoms with Gasteiger partial charge in [-0.15, -0.1) is 11.8 Å². The molecule has 1 aliphatic rings. The number of nitrogens with zero attached hydrogens (tertiary/aromatic N) is 1. The lowest BCUT2D eigenvalue weighted by Gasteiger charge is -2.31. The molecule has 2 unspecified atom stereocenters. The van der Waals surface area contributed by atoms with E-state index in [0.29, 0.717) is 0 Å². The minimum absolute atomic E-state index is 0.505. The largest absolute Gasteiger partial charge is 0.480 e. The van der Waals surface area contributed by atoms with Crippen LogP contribution < -0.4 is 0 Å². The van der Waals surface area contributed by atoms with Crippen LogP contribution in [0.1, 0.15) is 19.4 Å². The number of para-hydroxylation sites is 1. The second-order valence-corrected chi connectivity index (χ2v) is 5.31. The Morgan fingerprint density at radius 2 is 2.12 bits per heavy atom. The van der Waals surface area contributed by atoms with E-state index < -0.39 is 16.6 Å². The average Bonchev–Trinajstić information content (AvgIpc) is 2.53. The summed E-state index contributed by atoms with van der Waals surface area (Å²) in [6, 6.07) is 7.77. The van der Waals surface area contributed by atoms with Gasteiger partial charge in [0.2, 0.25) is 0 Å². The first-order valence-electron chi connectivity index (χ1n) is 5.42. The van der Waals surface area contributed by atoms with Gasteiger partial charge in [-0.25, -0.2) is 0 Å². The van der Waals surface area contributed by atoms with Crippen molar-refractivity contribution >= 4 is 29.1 Å². The van der Waals surface area contributed by atoms with Crippen LogP contribution in [0.25, 0.3) is 0 Å². The Morgan fingerprint density at radius 3 is 2.71 bits per heavy atom. The fraction of sp³-hybridized carbons (Fsp3) is 0.385. The summed E-state index contributed by atoms with van der Waals surface area (Å²) in [6.45, 7) is 3.87. The fourth-order valence-corrected chi connectivity index (χ4v) is 3.39. The lowest BCUT2D eigenvalue weighted by Crippen LogP contribution is -2.43. The first-order chi connectivity index (χ1) is 8.01. The third-order valence-corrected chi connectivity index (χ3v) is 4.63. The molecule has 1 aliphatic heterocycles. The molecule has 90 valence electrons. The van der Waals surface area contributed by atoms with E-state index in [2.05, 4.69) is 4.99 Å². The lowest BCUT2D eigenvalue weighted by atomic mass is 9.77. The maximum Gasteiger partial charge on any atom is 0.317 e. The third kappa shape index (κ3) is 1.67. The van der Waals surface area contributed by atoms with E-state index in [9.17, 15) is 9.90 Å². The van der Waals surface area contributed by atoms with Gasteiger partial charge in [-0.1, -0.05) is 18.2 Å². The molecular weight excluding hydrogens is 234 g/mol. The SMILES string of the molecule is CSC(C(=O)O)C1(C)C(C)=Nc2ccccc21. The molecule has 0 amide bonds. The van der Waals surface area contributed by atoms with Crippen LogP contribution in [0.15, 0.2) is 29.3 Å². The summed E-state index contributed by atoms with van der Waals surface area (Å²) >= 11 is 1.36. The zero-order valence-corrected chi connectivity index (χ0v) is 10.9. The monoisotopic (exact) mass is 249 g/mol. The van der Waals surface area contributed by atoms with Crippen LogP contribution >= 0.6 is 11.8 Å². The van der Waals surface area contributed by atoms with Gasteiger partial charge in [0.15, 0.2) is 0 Å². The van der Waals surface area contributed by atoms with E-state index in [1.807, 2.05) is 44.4 Å². The number of carboxylic acid groups (broad SMARTS) is 1. The maximum absolute atomic E-state index is 11.4. The van der Waals surface area contributed by atoms with E-state index in [0.717, 1.165) is 17.0 Å². The van der Waals surface area contributed by atoms with Gasteiger partial charge >= 0.3 is 5.97 Å². The average molecular weight is 249 g/mol. The number of carboxylic acids is 1. The molecule has 0 saturated heterocycles. The Balaban J connectivity index is 2.58. The van der Waals surface area contributed by atoms with Crippen LogP contribution in [0.2, 0.25) is 0 Å². The molecule has 2 atom stereocenters. The molecule has 17 heavy (non-hydrogen) atoms. The summed E-state index contributed by atoms with van der Waals surface area (Å²) in [5.41, 5.74) is 2.27. The van der Waals surface area contributed by atoms with Gasteiger partial charge in [-0.3, -0.25) is 9.79 Å². The molecule has 0 radical (unpaired) electrons. The first-order valence-corrected chi connectivity index (χ1v) is 6.71. The molecule has 0 spiro atoms. The summed E-state index contributed by atoms with van der Waals surface area (Å²) in [6.07, 6.45) is 1.83. The number of aliphatic imine (C=N–C) groups is 1. The Labute approximate surface area is 105 Å². The van der Waals surface area contributed by atoms with Gasteiger partial charge in [0.05, 0.1) is 11.1 Å². The van der Waals surface area contributed by atoms with Crippen molar-refractivity contribution in [2.45, 2.75) is 24.5 Å². The number of hydrogen-bond donors (Lipinski definition) is 1. The first kappa shape index (κ1) is 12.2. The van der Waals surface area contributed by atoms with E-state index in [4.69, 9.17) is 0 Å². The van der Waals surface area contributed by atoms with Crippen LogP contribution in [0.5, 0.6) is 0 Å². The van der Waals surface area contributed by atoms with Crippen molar-refractivity contribution < 1.29 is 9.90 Å². The fourth-order valence-electron chi connectivity index (χ4n) is 2.42. The van der Waals surface area contributed by atoms with Crippen molar-refractivity contribution in [3.8, 4) is 0 Å². The Hall–Kier alpha value is -1.29. The molecule has 0 fully saturated rings. The van der Waals surface area contributed by atoms with Crippen molar-refractivity contribution in [1.82, 2.24) is 0 Å². The van der Waals surface area contributed by atoms with Crippen molar-refractivity contribution in [2.75, 3.05) is 6.26 Å². The predicted molar refractivity (Wildman–Crippen MR) is 71.5 cm³/mol. The number of rotatable bonds is 3. The summed E-state index contributed by atoms with van der Waals surface area (Å²) < 4.78 is 0. The molecule has 0 aromatic heterocycles. The van der Waals surface area contributed by atoms with Gasteiger partial charge in [-0.05, 0) is 31.7 Å². The number of fused-ring (bicyclic) bond motifs is 1. The number of carbonyl (C=O) groups is 1. The van der Waals surface area contributed by atoms with E-state index >= 15 is 0 Å². The maximum atomic E-state index is 11.4. The molecule has 1 heterocycles. The smallest absolute Gasteiger partial charge is 0.317 e. The zero-order valence-electron chi connectivity index (χ0n) is 10.1. The van der Waals surface area contributed by atoms with Crippen LogP contribution in [0.3, 0.4) is 0 Å². The number of hydrogen-bond acceptors (Lipinski definition) is 3. The van der Waals surface area contributed by atoms with Crippen molar-refractivity contribution in [3.63, 3.8) is 0 Å². The summed E-state index contributed by atoms with van der Waals surface area (Å²) in [5.74, 6) is -0.786. The second-order valence-electron chi connectivity index (χ2n) is 4.37. The predicted octanol–water partition coefficient (Wildman–Crippen LogP) is 2.87. The van der Waals surface area contributed by atoms with Gasteiger partial charge < -0.3 is 5.11 Å². The van der Waals surface area contributed by atoms with E-state index in [1.165, 1.54) is 11.8 Å². The highest BCUT2D eigenvalue weighted by Crippen LogP contribution is 2.45. The van der Waals surface area contributed by atoms with Crippen molar-refractivity contribution in [3.05, 3.63) is 29.8 Å². The number of thioether (sulfide) groups is 1. The second kappa shape index (κ2) is 4.18. The Bertz CT molecular complexity index is 498. The van der Waals surface area contributed by atoms with Gasteiger partial charge in [-0.2, -0.15) is 0 Å². The molecule has 2 rings (SSSR count). The van der Waals surface area contributed by atoms with Gasteiger partial charge in [0.1, 0.15) is 5.25 Å². The summed E-state index contributed by atoms with van der Waals surface area (Å²) in [7, 11) is 0. The number of aliphatic carboxylic acids is 1. The molecule has 0 aliphatic carbocycles. The molecule has 4 heteroatoms. The lowest BCUT2D eigenvalue weighted by molar-refractivity contribution is -0.137. The van der Waals surface area contributed by atoms with Gasteiger partial charge in [0.25, 0.3) is 0 Å². The Kier molecular flexibility index (Phi) is 3.00. The van der Waals surface area contributed by atoms with Crippen LogP contribution in [-0.2, 0) is 10.2 Å².